The van der Waals surface area contributed by atoms with Crippen LogP contribution in [0.15, 0.2) is 48.7 Å². The molecule has 0 bridgehead atoms. The van der Waals surface area contributed by atoms with Crippen LogP contribution in [0.5, 0.6) is 5.88 Å². The van der Waals surface area contributed by atoms with Crippen molar-refractivity contribution in [2.75, 3.05) is 7.11 Å². The van der Waals surface area contributed by atoms with E-state index in [-0.39, 0.29) is 18.6 Å². The number of nitrogens with one attached hydrogen (secondary N) is 1. The predicted molar refractivity (Wildman–Crippen MR) is 117 cm³/mol. The smallest absolute Gasteiger partial charge is 0.431 e. The van der Waals surface area contributed by atoms with E-state index in [1.54, 1.807) is 27.2 Å². The lowest BCUT2D eigenvalue weighted by Gasteiger charge is -2.12. The molecule has 0 saturated heterocycles. The molecule has 154 valence electrons. The third-order valence-electron chi connectivity index (χ3n) is 4.68. The van der Waals surface area contributed by atoms with Crippen LogP contribution in [0.25, 0.3) is 32.9 Å². The molecule has 0 amide bonds. The van der Waals surface area contributed by atoms with Crippen LogP contribution in [0.4, 0.5) is 4.79 Å². The Bertz CT molecular complexity index is 1220. The van der Waals surface area contributed by atoms with E-state index in [0.717, 1.165) is 32.9 Å². The Morgan fingerprint density at radius 3 is 2.53 bits per heavy atom. The molecule has 4 rings (SSSR count). The molecule has 6 nitrogen and oxygen atoms in total. The van der Waals surface area contributed by atoms with Gasteiger partial charge >= 0.3 is 6.16 Å². The number of H-pyrrole nitrogens is 1. The van der Waals surface area contributed by atoms with Crippen molar-refractivity contribution in [2.24, 2.45) is 0 Å². The number of aromatic amines is 1. The highest BCUT2D eigenvalue weighted by Gasteiger charge is 2.19. The van der Waals surface area contributed by atoms with Gasteiger partial charge in [-0.3, -0.25) is 0 Å². The topological polar surface area (TPSA) is 73.4 Å². The first-order chi connectivity index (χ1) is 14.5. The summed E-state index contributed by atoms with van der Waals surface area (Å²) in [7, 11) is 1.59. The average Bonchev–Trinajstić information content (AvgIpc) is 3.08. The van der Waals surface area contributed by atoms with E-state index in [1.807, 2.05) is 36.4 Å². The zero-order valence-corrected chi connectivity index (χ0v) is 17.6. The zero-order chi connectivity index (χ0) is 21.3. The molecule has 2 aromatic carbocycles. The van der Waals surface area contributed by atoms with Crippen molar-refractivity contribution in [3.8, 4) is 17.0 Å². The molecule has 1 N–H and O–H groups in total. The van der Waals surface area contributed by atoms with E-state index in [4.69, 9.17) is 25.8 Å². The van der Waals surface area contributed by atoms with Crippen LogP contribution in [0.1, 0.15) is 19.4 Å². The van der Waals surface area contributed by atoms with E-state index in [9.17, 15) is 4.79 Å². The average molecular weight is 425 g/mol. The van der Waals surface area contributed by atoms with Crippen molar-refractivity contribution in [3.63, 3.8) is 0 Å². The minimum atomic E-state index is -0.795. The Labute approximate surface area is 178 Å². The maximum absolute atomic E-state index is 12.0. The molecule has 2 heterocycles. The molecule has 2 aromatic heterocycles. The fourth-order valence-electron chi connectivity index (χ4n) is 3.43. The van der Waals surface area contributed by atoms with Gasteiger partial charge in [-0.15, -0.1) is 0 Å². The van der Waals surface area contributed by atoms with Crippen LogP contribution in [0, 0.1) is 0 Å². The number of hydrogen-bond donors (Lipinski definition) is 1. The molecular formula is C23H21ClN2O4. The molecule has 7 heteroatoms. The van der Waals surface area contributed by atoms with Crippen LogP contribution in [0.2, 0.25) is 5.02 Å². The molecule has 0 aliphatic heterocycles. The lowest BCUT2D eigenvalue weighted by atomic mass is 10.0. The van der Waals surface area contributed by atoms with Gasteiger partial charge in [-0.05, 0) is 49.2 Å². The number of rotatable bonds is 5. The highest BCUT2D eigenvalue weighted by atomic mass is 35.5. The van der Waals surface area contributed by atoms with Gasteiger partial charge in [0.05, 0.1) is 30.0 Å². The highest BCUT2D eigenvalue weighted by Crippen LogP contribution is 2.35. The lowest BCUT2D eigenvalue weighted by molar-refractivity contribution is 0.0705. The minimum Gasteiger partial charge on any atom is -0.431 e. The Morgan fingerprint density at radius 2 is 1.83 bits per heavy atom. The third kappa shape index (κ3) is 3.97. The van der Waals surface area contributed by atoms with Crippen molar-refractivity contribution in [1.29, 1.82) is 0 Å². The lowest BCUT2D eigenvalue weighted by Crippen LogP contribution is -2.17. The molecular weight excluding hydrogens is 404 g/mol. The summed E-state index contributed by atoms with van der Waals surface area (Å²) in [5.41, 5.74) is 4.55. The summed E-state index contributed by atoms with van der Waals surface area (Å²) in [6.07, 6.45) is 0.562. The van der Waals surface area contributed by atoms with E-state index < -0.39 is 6.16 Å². The fraction of sp³-hybridized carbons (Fsp3) is 0.217. The first-order valence-electron chi connectivity index (χ1n) is 9.53. The Hall–Kier alpha value is -3.09. The number of fused-ring (bicyclic) bond motifs is 3. The Kier molecular flexibility index (Phi) is 5.61. The number of hydrogen-bond acceptors (Lipinski definition) is 5. The number of carbonyl (C=O) groups is 1. The molecule has 30 heavy (non-hydrogen) atoms. The monoisotopic (exact) mass is 424 g/mol. The van der Waals surface area contributed by atoms with Gasteiger partial charge < -0.3 is 19.2 Å². The molecule has 0 unspecified atom stereocenters. The second-order valence-corrected chi connectivity index (χ2v) is 7.61. The number of pyridine rings is 1. The van der Waals surface area contributed by atoms with E-state index >= 15 is 0 Å². The van der Waals surface area contributed by atoms with Crippen molar-refractivity contribution in [2.45, 2.75) is 26.6 Å². The maximum Gasteiger partial charge on any atom is 0.515 e. The van der Waals surface area contributed by atoms with E-state index in [2.05, 4.69) is 16.0 Å². The Balaban J connectivity index is 1.86. The van der Waals surface area contributed by atoms with Crippen molar-refractivity contribution in [3.05, 3.63) is 59.2 Å². The van der Waals surface area contributed by atoms with Gasteiger partial charge in [-0.1, -0.05) is 29.8 Å². The molecule has 0 spiro atoms. The normalized spacial score (nSPS) is 11.4. The summed E-state index contributed by atoms with van der Waals surface area (Å²) in [4.78, 5) is 19.7. The van der Waals surface area contributed by atoms with Crippen LogP contribution in [-0.2, 0) is 16.1 Å². The number of carbonyl (C=O) groups excluding carboxylic acids is 1. The number of benzene rings is 2. The second kappa shape index (κ2) is 8.34. The van der Waals surface area contributed by atoms with Crippen LogP contribution < -0.4 is 4.74 Å². The second-order valence-electron chi connectivity index (χ2n) is 7.17. The van der Waals surface area contributed by atoms with Crippen LogP contribution in [0.3, 0.4) is 0 Å². The van der Waals surface area contributed by atoms with Gasteiger partial charge in [0.2, 0.25) is 5.88 Å². The standard InChI is InChI=1S/C23H21ClN2O4/c1-13(2)29-23(27)30-22-18(12-28-3)21-17-10-15(14-4-7-16(24)8-5-14)6-9-19(17)26-20(21)11-25-22/h4-11,13,26H,12H2,1-3H3. The zero-order valence-electron chi connectivity index (χ0n) is 16.9. The number of nitrogens with zero attached hydrogens (tertiary/aromatic N) is 1. The summed E-state index contributed by atoms with van der Waals surface area (Å²) < 4.78 is 15.9. The molecule has 0 atom stereocenters. The van der Waals surface area contributed by atoms with Crippen molar-refractivity contribution in [1.82, 2.24) is 9.97 Å². The van der Waals surface area contributed by atoms with Gasteiger partial charge in [-0.2, -0.15) is 0 Å². The van der Waals surface area contributed by atoms with E-state index in [1.165, 1.54) is 0 Å². The quantitative estimate of drug-likeness (QED) is 0.391. The SMILES string of the molecule is COCc1c(OC(=O)OC(C)C)ncc2[nH]c3ccc(-c4ccc(Cl)cc4)cc3c12. The summed E-state index contributed by atoms with van der Waals surface area (Å²) >= 11 is 6.02. The molecule has 0 saturated carbocycles. The van der Waals surface area contributed by atoms with Gasteiger partial charge in [0, 0.05) is 28.4 Å². The van der Waals surface area contributed by atoms with Gasteiger partial charge in [0.15, 0.2) is 0 Å². The third-order valence-corrected chi connectivity index (χ3v) is 4.93. The van der Waals surface area contributed by atoms with Crippen molar-refractivity contribution >= 4 is 39.6 Å². The summed E-state index contributed by atoms with van der Waals surface area (Å²) in [5.74, 6) is 0.174. The maximum atomic E-state index is 12.0. The molecule has 0 aliphatic carbocycles. The molecule has 0 fully saturated rings. The number of ether oxygens (including phenoxy) is 3. The number of halogens is 1. The first-order valence-corrected chi connectivity index (χ1v) is 9.90. The minimum absolute atomic E-state index is 0.174. The molecule has 4 aromatic rings. The van der Waals surface area contributed by atoms with E-state index in [0.29, 0.717) is 10.6 Å². The summed E-state index contributed by atoms with van der Waals surface area (Å²) in [6.45, 7) is 3.74. The van der Waals surface area contributed by atoms with Gasteiger partial charge in [-0.25, -0.2) is 9.78 Å². The highest BCUT2D eigenvalue weighted by molar-refractivity contribution is 6.30. The van der Waals surface area contributed by atoms with Crippen LogP contribution >= 0.6 is 11.6 Å². The largest absolute Gasteiger partial charge is 0.515 e. The van der Waals surface area contributed by atoms with Gasteiger partial charge in [0.25, 0.3) is 0 Å². The number of methoxy groups -OCH3 is 1. The van der Waals surface area contributed by atoms with Gasteiger partial charge in [0.1, 0.15) is 0 Å². The summed E-state index contributed by atoms with van der Waals surface area (Å²) in [5, 5.41) is 2.56. The molecule has 0 radical (unpaired) electrons. The fourth-order valence-corrected chi connectivity index (χ4v) is 3.55. The van der Waals surface area contributed by atoms with Crippen LogP contribution in [-0.4, -0.2) is 29.3 Å². The molecule has 0 aliphatic rings. The van der Waals surface area contributed by atoms with Crippen molar-refractivity contribution < 1.29 is 19.0 Å². The number of aromatic nitrogens is 2. The first kappa shape index (κ1) is 20.2. The summed E-state index contributed by atoms with van der Waals surface area (Å²) in [6, 6.07) is 13.8. The predicted octanol–water partition coefficient (Wildman–Crippen LogP) is 6.11. The Morgan fingerprint density at radius 1 is 1.10 bits per heavy atom.